The van der Waals surface area contributed by atoms with Gasteiger partial charge in [-0.05, 0) is 25.1 Å². The van der Waals surface area contributed by atoms with Crippen LogP contribution in [0.25, 0.3) is 0 Å². The van der Waals surface area contributed by atoms with E-state index in [2.05, 4.69) is 10.6 Å². The van der Waals surface area contributed by atoms with Crippen molar-refractivity contribution in [1.82, 2.24) is 5.32 Å². The van der Waals surface area contributed by atoms with Crippen LogP contribution in [0.5, 0.6) is 0 Å². The van der Waals surface area contributed by atoms with Crippen LogP contribution in [0.1, 0.15) is 13.3 Å². The fourth-order valence-corrected chi connectivity index (χ4v) is 1.15. The summed E-state index contributed by atoms with van der Waals surface area (Å²) in [5, 5.41) is 13.4. The largest absolute Gasteiger partial charge is 0.334 e. The average molecular weight is 221 g/mol. The van der Waals surface area contributed by atoms with Crippen molar-refractivity contribution in [1.29, 1.82) is 5.26 Å². The van der Waals surface area contributed by atoms with Gasteiger partial charge in [0.25, 0.3) is 0 Å². The summed E-state index contributed by atoms with van der Waals surface area (Å²) in [5.41, 5.74) is 0.377. The van der Waals surface area contributed by atoms with Crippen LogP contribution in [0.3, 0.4) is 0 Å². The van der Waals surface area contributed by atoms with Gasteiger partial charge in [0.15, 0.2) is 0 Å². The van der Waals surface area contributed by atoms with Gasteiger partial charge in [-0.1, -0.05) is 6.07 Å². The first kappa shape index (κ1) is 12.0. The van der Waals surface area contributed by atoms with Crippen molar-refractivity contribution in [2.45, 2.75) is 19.4 Å². The zero-order valence-electron chi connectivity index (χ0n) is 8.83. The lowest BCUT2D eigenvalue weighted by Gasteiger charge is -2.11. The second-order valence-corrected chi connectivity index (χ2v) is 3.37. The van der Waals surface area contributed by atoms with Crippen LogP contribution in [-0.2, 0) is 0 Å². The molecule has 1 rings (SSSR count). The molecule has 2 amide bonds. The van der Waals surface area contributed by atoms with Crippen LogP contribution in [0.4, 0.5) is 14.9 Å². The first-order valence-electron chi connectivity index (χ1n) is 4.82. The maximum Gasteiger partial charge on any atom is 0.319 e. The molecule has 4 nitrogen and oxygen atoms in total. The van der Waals surface area contributed by atoms with Gasteiger partial charge in [0, 0.05) is 11.7 Å². The van der Waals surface area contributed by atoms with Crippen molar-refractivity contribution in [3.8, 4) is 6.07 Å². The molecule has 1 aromatic rings. The molecule has 0 bridgehead atoms. The van der Waals surface area contributed by atoms with E-state index < -0.39 is 11.8 Å². The van der Waals surface area contributed by atoms with Gasteiger partial charge in [0.05, 0.1) is 12.5 Å². The second kappa shape index (κ2) is 5.71. The fraction of sp³-hybridized carbons (Fsp3) is 0.273. The number of nitrogens with one attached hydrogen (secondary N) is 2. The minimum Gasteiger partial charge on any atom is -0.334 e. The number of carbonyl (C=O) groups is 1. The number of anilines is 1. The topological polar surface area (TPSA) is 64.9 Å². The molecule has 5 heteroatoms. The van der Waals surface area contributed by atoms with E-state index in [1.54, 1.807) is 13.0 Å². The number of benzene rings is 1. The molecule has 0 spiro atoms. The van der Waals surface area contributed by atoms with Gasteiger partial charge < -0.3 is 10.6 Å². The van der Waals surface area contributed by atoms with Gasteiger partial charge in [-0.15, -0.1) is 0 Å². The Morgan fingerprint density at radius 1 is 1.62 bits per heavy atom. The first-order chi connectivity index (χ1) is 7.61. The molecule has 0 fully saturated rings. The number of nitrogens with zero attached hydrogens (tertiary/aromatic N) is 1. The number of carbonyl (C=O) groups excluding carboxylic acids is 1. The van der Waals surface area contributed by atoms with Crippen molar-refractivity contribution >= 4 is 11.7 Å². The van der Waals surface area contributed by atoms with Gasteiger partial charge in [0.2, 0.25) is 0 Å². The number of halogens is 1. The van der Waals surface area contributed by atoms with Crippen molar-refractivity contribution < 1.29 is 9.18 Å². The maximum absolute atomic E-state index is 12.8. The lowest BCUT2D eigenvalue weighted by Crippen LogP contribution is -2.35. The molecule has 0 aliphatic carbocycles. The van der Waals surface area contributed by atoms with Crippen LogP contribution in [-0.4, -0.2) is 12.1 Å². The molecule has 84 valence electrons. The Bertz CT molecular complexity index is 414. The normalized spacial score (nSPS) is 11.3. The molecule has 16 heavy (non-hydrogen) atoms. The first-order valence-corrected chi connectivity index (χ1v) is 4.82. The highest BCUT2D eigenvalue weighted by atomic mass is 19.1. The highest BCUT2D eigenvalue weighted by molar-refractivity contribution is 5.89. The molecule has 0 aliphatic heterocycles. The van der Waals surface area contributed by atoms with E-state index in [9.17, 15) is 9.18 Å². The van der Waals surface area contributed by atoms with Crippen molar-refractivity contribution in [2.75, 3.05) is 5.32 Å². The molecular formula is C11H12FN3O. The van der Waals surface area contributed by atoms with Crippen LogP contribution in [0.15, 0.2) is 24.3 Å². The van der Waals surface area contributed by atoms with Crippen LogP contribution >= 0.6 is 0 Å². The summed E-state index contributed by atoms with van der Waals surface area (Å²) in [5.74, 6) is -0.414. The van der Waals surface area contributed by atoms with Crippen LogP contribution < -0.4 is 10.6 Å². The predicted octanol–water partition coefficient (Wildman–Crippen LogP) is 2.25. The number of urea groups is 1. The van der Waals surface area contributed by atoms with Crippen molar-refractivity contribution in [2.24, 2.45) is 0 Å². The van der Waals surface area contributed by atoms with E-state index in [1.165, 1.54) is 18.2 Å². The quantitative estimate of drug-likeness (QED) is 0.822. The molecule has 0 aliphatic rings. The molecule has 0 saturated heterocycles. The molecule has 0 heterocycles. The van der Waals surface area contributed by atoms with Gasteiger partial charge in [0.1, 0.15) is 5.82 Å². The Balaban J connectivity index is 2.49. The smallest absolute Gasteiger partial charge is 0.319 e. The molecule has 1 atom stereocenters. The Labute approximate surface area is 93.1 Å². The third-order valence-electron chi connectivity index (χ3n) is 1.86. The van der Waals surface area contributed by atoms with Crippen LogP contribution in [0.2, 0.25) is 0 Å². The summed E-state index contributed by atoms with van der Waals surface area (Å²) in [6, 6.07) is 6.85. The third-order valence-corrected chi connectivity index (χ3v) is 1.86. The maximum atomic E-state index is 12.8. The van der Waals surface area contributed by atoms with E-state index in [4.69, 9.17) is 5.26 Å². The number of rotatable bonds is 3. The molecule has 1 aromatic carbocycles. The number of nitriles is 1. The van der Waals surface area contributed by atoms with E-state index in [1.807, 2.05) is 6.07 Å². The average Bonchev–Trinajstić information content (AvgIpc) is 2.17. The molecule has 1 unspecified atom stereocenters. The summed E-state index contributed by atoms with van der Waals surface area (Å²) in [6.45, 7) is 1.72. The van der Waals surface area contributed by atoms with Gasteiger partial charge >= 0.3 is 6.03 Å². The fourth-order valence-electron chi connectivity index (χ4n) is 1.15. The molecule has 0 aromatic heterocycles. The summed E-state index contributed by atoms with van der Waals surface area (Å²) in [7, 11) is 0. The molecule has 0 saturated carbocycles. The van der Waals surface area contributed by atoms with E-state index in [0.29, 0.717) is 5.69 Å². The van der Waals surface area contributed by atoms with E-state index in [-0.39, 0.29) is 12.5 Å². The van der Waals surface area contributed by atoms with Crippen molar-refractivity contribution in [3.05, 3.63) is 30.1 Å². The molecular weight excluding hydrogens is 209 g/mol. The SMILES string of the molecule is CC(CC#N)NC(=O)Nc1cccc(F)c1. The van der Waals surface area contributed by atoms with E-state index >= 15 is 0 Å². The minimum absolute atomic E-state index is 0.233. The summed E-state index contributed by atoms with van der Waals surface area (Å²) >= 11 is 0. The zero-order chi connectivity index (χ0) is 12.0. The lowest BCUT2D eigenvalue weighted by molar-refractivity contribution is 0.249. The highest BCUT2D eigenvalue weighted by Crippen LogP contribution is 2.08. The number of hydrogen-bond acceptors (Lipinski definition) is 2. The minimum atomic E-state index is -0.451. The van der Waals surface area contributed by atoms with Gasteiger partial charge in [-0.2, -0.15) is 5.26 Å². The van der Waals surface area contributed by atoms with Crippen molar-refractivity contribution in [3.63, 3.8) is 0 Å². The van der Waals surface area contributed by atoms with E-state index in [0.717, 1.165) is 0 Å². The predicted molar refractivity (Wildman–Crippen MR) is 58.2 cm³/mol. The third kappa shape index (κ3) is 3.96. The highest BCUT2D eigenvalue weighted by Gasteiger charge is 2.06. The summed E-state index contributed by atoms with van der Waals surface area (Å²) in [6.07, 6.45) is 0.233. The second-order valence-electron chi connectivity index (χ2n) is 3.37. The zero-order valence-corrected chi connectivity index (χ0v) is 8.83. The van der Waals surface area contributed by atoms with Crippen LogP contribution in [0, 0.1) is 17.1 Å². The number of hydrogen-bond donors (Lipinski definition) is 2. The summed E-state index contributed by atoms with van der Waals surface area (Å²) in [4.78, 5) is 11.4. The molecule has 2 N–H and O–H groups in total. The summed E-state index contributed by atoms with van der Waals surface area (Å²) < 4.78 is 12.8. The molecule has 0 radical (unpaired) electrons. The Morgan fingerprint density at radius 2 is 2.38 bits per heavy atom. The monoisotopic (exact) mass is 221 g/mol. The lowest BCUT2D eigenvalue weighted by atomic mass is 10.2. The number of amides is 2. The van der Waals surface area contributed by atoms with Gasteiger partial charge in [-0.3, -0.25) is 0 Å². The Morgan fingerprint density at radius 3 is 3.00 bits per heavy atom. The Hall–Kier alpha value is -2.09. The van der Waals surface area contributed by atoms with Gasteiger partial charge in [-0.25, -0.2) is 9.18 Å². The Kier molecular flexibility index (Phi) is 4.28. The standard InChI is InChI=1S/C11H12FN3O/c1-8(5-6-13)14-11(16)15-10-4-2-3-9(12)7-10/h2-4,7-8H,5H2,1H3,(H2,14,15,16).